The number of hydrogen-bond donors (Lipinski definition) is 0. The summed E-state index contributed by atoms with van der Waals surface area (Å²) in [6, 6.07) is 34.4. The predicted molar refractivity (Wildman–Crippen MR) is 117 cm³/mol. The molecule has 1 unspecified atom stereocenters. The zero-order valence-electron chi connectivity index (χ0n) is 15.7. The molecule has 4 rings (SSSR count). The molecule has 3 heteroatoms. The maximum atomic E-state index is 5.04. The fourth-order valence-electron chi connectivity index (χ4n) is 3.46. The van der Waals surface area contributed by atoms with Gasteiger partial charge in [-0.05, 0) is 44.8 Å². The predicted octanol–water partition coefficient (Wildman–Crippen LogP) is 4.93. The number of hydrogen-bond acceptors (Lipinski definition) is 2. The quantitative estimate of drug-likeness (QED) is 0.463. The Morgan fingerprint density at radius 2 is 1.22 bits per heavy atom. The lowest BCUT2D eigenvalue weighted by Gasteiger charge is -2.33. The van der Waals surface area contributed by atoms with Crippen LogP contribution in [-0.2, 0) is 0 Å². The van der Waals surface area contributed by atoms with Crippen molar-refractivity contribution in [3.05, 3.63) is 103 Å². The van der Waals surface area contributed by atoms with E-state index in [4.69, 9.17) is 4.98 Å². The van der Waals surface area contributed by atoms with Crippen LogP contribution in [0.1, 0.15) is 11.5 Å². The van der Waals surface area contributed by atoms with Crippen LogP contribution in [-0.4, -0.2) is 24.0 Å². The molecule has 1 atom stereocenters. The van der Waals surface area contributed by atoms with Crippen LogP contribution in [0.5, 0.6) is 0 Å². The molecule has 0 spiro atoms. The second-order valence-electron chi connectivity index (χ2n) is 6.81. The van der Waals surface area contributed by atoms with Gasteiger partial charge < -0.3 is 0 Å². The van der Waals surface area contributed by atoms with Crippen LogP contribution < -0.4 is 10.6 Å². The molecular formula is C24H23N2P. The number of aromatic nitrogens is 1. The molecule has 0 saturated carbocycles. The van der Waals surface area contributed by atoms with E-state index < -0.39 is 7.92 Å². The van der Waals surface area contributed by atoms with Gasteiger partial charge in [0.05, 0.1) is 17.0 Å². The van der Waals surface area contributed by atoms with Crippen molar-refractivity contribution >= 4 is 29.4 Å². The highest BCUT2D eigenvalue weighted by Gasteiger charge is 2.29. The highest BCUT2D eigenvalue weighted by atomic mass is 31.1. The third kappa shape index (κ3) is 3.78. The Kier molecular flexibility index (Phi) is 5.29. The molecule has 0 bridgehead atoms. The minimum absolute atomic E-state index is 0.203. The van der Waals surface area contributed by atoms with Crippen molar-refractivity contribution in [2.75, 3.05) is 14.1 Å². The molecule has 27 heavy (non-hydrogen) atoms. The van der Waals surface area contributed by atoms with Gasteiger partial charge in [0, 0.05) is 5.39 Å². The van der Waals surface area contributed by atoms with Crippen LogP contribution >= 0.6 is 7.92 Å². The van der Waals surface area contributed by atoms with E-state index in [1.54, 1.807) is 0 Å². The van der Waals surface area contributed by atoms with Gasteiger partial charge in [-0.25, -0.2) is 0 Å². The second-order valence-corrected chi connectivity index (χ2v) is 9.07. The Balaban J connectivity index is 1.88. The summed E-state index contributed by atoms with van der Waals surface area (Å²) in [5, 5.41) is 3.92. The molecule has 3 aromatic carbocycles. The monoisotopic (exact) mass is 370 g/mol. The lowest BCUT2D eigenvalue weighted by Crippen LogP contribution is -2.27. The summed E-state index contributed by atoms with van der Waals surface area (Å²) >= 11 is 0. The Morgan fingerprint density at radius 1 is 0.667 bits per heavy atom. The average Bonchev–Trinajstić information content (AvgIpc) is 2.72. The fraction of sp³-hybridized carbons (Fsp3) is 0.125. The highest BCUT2D eigenvalue weighted by molar-refractivity contribution is 7.73. The van der Waals surface area contributed by atoms with Gasteiger partial charge in [0.1, 0.15) is 0 Å². The van der Waals surface area contributed by atoms with Crippen molar-refractivity contribution in [1.29, 1.82) is 0 Å². The topological polar surface area (TPSA) is 16.1 Å². The summed E-state index contributed by atoms with van der Waals surface area (Å²) in [6.07, 6.45) is 0. The van der Waals surface area contributed by atoms with Gasteiger partial charge in [0.25, 0.3) is 0 Å². The SMILES string of the molecule is CN(C)C(c1ccc2ccccc2n1)P(c1ccccc1)c1ccccc1. The minimum Gasteiger partial charge on any atom is -0.297 e. The average molecular weight is 370 g/mol. The van der Waals surface area contributed by atoms with E-state index in [1.807, 2.05) is 0 Å². The first-order valence-electron chi connectivity index (χ1n) is 9.15. The fourth-order valence-corrected chi connectivity index (χ4v) is 6.18. The zero-order chi connectivity index (χ0) is 18.6. The normalized spacial score (nSPS) is 12.6. The number of nitrogens with zero attached hydrogens (tertiary/aromatic N) is 2. The summed E-state index contributed by atoms with van der Waals surface area (Å²) in [5.41, 5.74) is 2.18. The van der Waals surface area contributed by atoms with Gasteiger partial charge in [-0.1, -0.05) is 84.9 Å². The van der Waals surface area contributed by atoms with E-state index in [0.717, 1.165) is 11.2 Å². The maximum Gasteiger partial charge on any atom is 0.0799 e. The maximum absolute atomic E-state index is 5.04. The molecule has 0 radical (unpaired) electrons. The molecule has 0 aliphatic rings. The van der Waals surface area contributed by atoms with Gasteiger partial charge in [-0.2, -0.15) is 0 Å². The summed E-state index contributed by atoms with van der Waals surface area (Å²) in [6.45, 7) is 0. The third-order valence-corrected chi connectivity index (χ3v) is 7.61. The highest BCUT2D eigenvalue weighted by Crippen LogP contribution is 2.50. The van der Waals surface area contributed by atoms with Crippen LogP contribution in [0.15, 0.2) is 97.1 Å². The van der Waals surface area contributed by atoms with Gasteiger partial charge >= 0.3 is 0 Å². The molecule has 0 aliphatic heterocycles. The lowest BCUT2D eigenvalue weighted by molar-refractivity contribution is 0.382. The van der Waals surface area contributed by atoms with Crippen LogP contribution in [0.4, 0.5) is 0 Å². The Bertz CT molecular complexity index is 976. The first-order chi connectivity index (χ1) is 13.2. The summed E-state index contributed by atoms with van der Waals surface area (Å²) < 4.78 is 0. The molecule has 1 aromatic heterocycles. The van der Waals surface area contributed by atoms with Gasteiger partial charge in [0.2, 0.25) is 0 Å². The zero-order valence-corrected chi connectivity index (χ0v) is 16.6. The molecule has 0 amide bonds. The summed E-state index contributed by atoms with van der Waals surface area (Å²) in [4.78, 5) is 7.35. The standard InChI is InChI=1S/C24H23N2P/c1-26(2)24(23-18-17-19-11-9-10-16-22(19)25-23)27(20-12-5-3-6-13-20)21-14-7-4-8-15-21/h3-18,24H,1-2H3. The van der Waals surface area contributed by atoms with Crippen LogP contribution in [0.25, 0.3) is 10.9 Å². The van der Waals surface area contributed by atoms with Crippen molar-refractivity contribution in [2.24, 2.45) is 0 Å². The minimum atomic E-state index is -0.622. The number of rotatable bonds is 5. The van der Waals surface area contributed by atoms with E-state index in [-0.39, 0.29) is 5.78 Å². The summed E-state index contributed by atoms with van der Waals surface area (Å²) in [5.74, 6) is 0.203. The largest absolute Gasteiger partial charge is 0.297 e. The molecule has 0 N–H and O–H groups in total. The molecular weight excluding hydrogens is 347 g/mol. The van der Waals surface area contributed by atoms with Crippen molar-refractivity contribution in [1.82, 2.24) is 9.88 Å². The number of para-hydroxylation sites is 1. The van der Waals surface area contributed by atoms with Crippen molar-refractivity contribution in [3.8, 4) is 0 Å². The Labute approximate surface area is 162 Å². The molecule has 4 aromatic rings. The van der Waals surface area contributed by atoms with E-state index in [9.17, 15) is 0 Å². The van der Waals surface area contributed by atoms with Crippen LogP contribution in [0.3, 0.4) is 0 Å². The van der Waals surface area contributed by atoms with Crippen molar-refractivity contribution in [2.45, 2.75) is 5.78 Å². The van der Waals surface area contributed by atoms with E-state index >= 15 is 0 Å². The molecule has 134 valence electrons. The van der Waals surface area contributed by atoms with E-state index in [0.29, 0.717) is 0 Å². The molecule has 2 nitrogen and oxygen atoms in total. The lowest BCUT2D eigenvalue weighted by atomic mass is 10.2. The number of benzene rings is 3. The Morgan fingerprint density at radius 3 is 1.81 bits per heavy atom. The molecule has 0 saturated heterocycles. The Hall–Kier alpha value is -2.54. The number of pyridine rings is 1. The van der Waals surface area contributed by atoms with E-state index in [2.05, 4.69) is 116 Å². The van der Waals surface area contributed by atoms with Crippen LogP contribution in [0.2, 0.25) is 0 Å². The molecule has 0 aliphatic carbocycles. The van der Waals surface area contributed by atoms with Crippen molar-refractivity contribution in [3.63, 3.8) is 0 Å². The molecule has 0 fully saturated rings. The first kappa shape index (κ1) is 17.9. The van der Waals surface area contributed by atoms with Crippen molar-refractivity contribution < 1.29 is 0 Å². The van der Waals surface area contributed by atoms with Gasteiger partial charge in [-0.15, -0.1) is 0 Å². The van der Waals surface area contributed by atoms with Gasteiger partial charge in [0.15, 0.2) is 0 Å². The third-order valence-electron chi connectivity index (χ3n) is 4.69. The van der Waals surface area contributed by atoms with Gasteiger partial charge in [-0.3, -0.25) is 9.88 Å². The van der Waals surface area contributed by atoms with E-state index in [1.165, 1.54) is 16.0 Å². The first-order valence-corrected chi connectivity index (χ1v) is 10.6. The number of fused-ring (bicyclic) bond motifs is 1. The molecule has 1 heterocycles. The summed E-state index contributed by atoms with van der Waals surface area (Å²) in [7, 11) is 3.69. The van der Waals surface area contributed by atoms with Crippen LogP contribution in [0, 0.1) is 0 Å². The smallest absolute Gasteiger partial charge is 0.0799 e. The second kappa shape index (κ2) is 8.00.